The first-order chi connectivity index (χ1) is 14.1. The number of carbonyl (C=O) groups is 2. The fourth-order valence-corrected chi connectivity index (χ4v) is 3.47. The molecule has 2 aromatic rings. The molecule has 154 valence electrons. The van der Waals surface area contributed by atoms with Crippen molar-refractivity contribution in [3.8, 4) is 5.75 Å². The van der Waals surface area contributed by atoms with Gasteiger partial charge in [-0.25, -0.2) is 0 Å². The first-order valence-corrected chi connectivity index (χ1v) is 10.2. The molecule has 0 aliphatic carbocycles. The monoisotopic (exact) mass is 395 g/mol. The van der Waals surface area contributed by atoms with E-state index in [2.05, 4.69) is 36.2 Å². The van der Waals surface area contributed by atoms with Gasteiger partial charge in [-0.15, -0.1) is 0 Å². The highest BCUT2D eigenvalue weighted by molar-refractivity contribution is 5.98. The summed E-state index contributed by atoms with van der Waals surface area (Å²) in [6.45, 7) is 8.00. The van der Waals surface area contributed by atoms with Gasteiger partial charge in [0.2, 0.25) is 5.91 Å². The molecule has 0 spiro atoms. The van der Waals surface area contributed by atoms with Gasteiger partial charge in [0.25, 0.3) is 5.91 Å². The van der Waals surface area contributed by atoms with E-state index in [1.807, 2.05) is 36.4 Å². The number of hydrogen-bond donors (Lipinski definition) is 1. The van der Waals surface area contributed by atoms with Gasteiger partial charge >= 0.3 is 0 Å². The zero-order valence-corrected chi connectivity index (χ0v) is 17.2. The second kappa shape index (κ2) is 10.1. The first-order valence-electron chi connectivity index (χ1n) is 10.2. The average Bonchev–Trinajstić information content (AvgIpc) is 2.76. The van der Waals surface area contributed by atoms with Crippen molar-refractivity contribution >= 4 is 17.5 Å². The number of ether oxygens (including phenoxy) is 1. The lowest BCUT2D eigenvalue weighted by Gasteiger charge is -2.29. The van der Waals surface area contributed by atoms with Crippen LogP contribution in [0, 0.1) is 0 Å². The normalized spacial score (nSPS) is 13.2. The predicted molar refractivity (Wildman–Crippen MR) is 114 cm³/mol. The van der Waals surface area contributed by atoms with Crippen LogP contribution in [0.2, 0.25) is 0 Å². The van der Waals surface area contributed by atoms with Crippen molar-refractivity contribution in [3.05, 3.63) is 59.7 Å². The Morgan fingerprint density at radius 2 is 1.76 bits per heavy atom. The summed E-state index contributed by atoms with van der Waals surface area (Å²) in [5.41, 5.74) is 3.08. The molecule has 0 saturated carbocycles. The number of anilines is 1. The van der Waals surface area contributed by atoms with Gasteiger partial charge < -0.3 is 15.0 Å². The fourth-order valence-electron chi connectivity index (χ4n) is 3.47. The fraction of sp³-hybridized carbons (Fsp3) is 0.391. The quantitative estimate of drug-likeness (QED) is 0.709. The number of benzene rings is 2. The summed E-state index contributed by atoms with van der Waals surface area (Å²) < 4.78 is 5.45. The van der Waals surface area contributed by atoms with Gasteiger partial charge in [0, 0.05) is 26.1 Å². The van der Waals surface area contributed by atoms with Crippen molar-refractivity contribution in [1.82, 2.24) is 10.2 Å². The number of nitrogens with zero attached hydrogens (tertiary/aromatic N) is 2. The highest BCUT2D eigenvalue weighted by Crippen LogP contribution is 2.31. The van der Waals surface area contributed by atoms with Crippen LogP contribution in [0.25, 0.3) is 0 Å². The molecule has 0 aromatic heterocycles. The molecule has 0 saturated heterocycles. The van der Waals surface area contributed by atoms with E-state index in [4.69, 9.17) is 4.74 Å². The van der Waals surface area contributed by atoms with Crippen molar-refractivity contribution in [2.75, 3.05) is 31.1 Å². The van der Waals surface area contributed by atoms with E-state index < -0.39 is 0 Å². The number of rotatable bonds is 9. The summed E-state index contributed by atoms with van der Waals surface area (Å²) in [6, 6.07) is 15.6. The Bertz CT molecular complexity index is 849. The SMILES string of the molecule is CCN(CC)Cc1ccccc1CNC(=O)CCN1C(=O)COc2ccccc21. The summed E-state index contributed by atoms with van der Waals surface area (Å²) in [5.74, 6) is 0.485. The smallest absolute Gasteiger partial charge is 0.265 e. The van der Waals surface area contributed by atoms with Gasteiger partial charge in [-0.2, -0.15) is 0 Å². The summed E-state index contributed by atoms with van der Waals surface area (Å²) in [7, 11) is 0. The molecule has 0 atom stereocenters. The third kappa shape index (κ3) is 5.35. The molecule has 2 aromatic carbocycles. The highest BCUT2D eigenvalue weighted by Gasteiger charge is 2.25. The molecule has 0 radical (unpaired) electrons. The molecule has 1 heterocycles. The van der Waals surface area contributed by atoms with Crippen LogP contribution in [0.15, 0.2) is 48.5 Å². The molecule has 29 heavy (non-hydrogen) atoms. The molecule has 3 rings (SSSR count). The second-order valence-corrected chi connectivity index (χ2v) is 7.06. The summed E-state index contributed by atoms with van der Waals surface area (Å²) in [5, 5.41) is 3.00. The van der Waals surface area contributed by atoms with E-state index in [9.17, 15) is 9.59 Å². The van der Waals surface area contributed by atoms with Crippen molar-refractivity contribution in [1.29, 1.82) is 0 Å². The predicted octanol–water partition coefficient (Wildman–Crippen LogP) is 2.96. The molecule has 6 heteroatoms. The van der Waals surface area contributed by atoms with Crippen LogP contribution in [0.3, 0.4) is 0 Å². The van der Waals surface area contributed by atoms with Crippen molar-refractivity contribution in [2.45, 2.75) is 33.4 Å². The minimum atomic E-state index is -0.124. The zero-order valence-electron chi connectivity index (χ0n) is 17.2. The first kappa shape index (κ1) is 20.9. The Hall–Kier alpha value is -2.86. The zero-order chi connectivity index (χ0) is 20.6. The summed E-state index contributed by atoms with van der Waals surface area (Å²) >= 11 is 0. The van der Waals surface area contributed by atoms with Gasteiger partial charge in [0.15, 0.2) is 6.61 Å². The lowest BCUT2D eigenvalue weighted by Crippen LogP contribution is -2.41. The number of para-hydroxylation sites is 2. The molecule has 6 nitrogen and oxygen atoms in total. The number of nitrogens with one attached hydrogen (secondary N) is 1. The molecule has 0 fully saturated rings. The maximum atomic E-state index is 12.4. The van der Waals surface area contributed by atoms with Crippen LogP contribution < -0.4 is 15.0 Å². The van der Waals surface area contributed by atoms with Gasteiger partial charge in [-0.1, -0.05) is 50.2 Å². The number of amides is 2. The number of hydrogen-bond acceptors (Lipinski definition) is 4. The third-order valence-corrected chi connectivity index (χ3v) is 5.25. The topological polar surface area (TPSA) is 61.9 Å². The minimum Gasteiger partial charge on any atom is -0.482 e. The van der Waals surface area contributed by atoms with Gasteiger partial charge in [0.1, 0.15) is 5.75 Å². The second-order valence-electron chi connectivity index (χ2n) is 7.06. The molecule has 1 aliphatic heterocycles. The van der Waals surface area contributed by atoms with Crippen LogP contribution >= 0.6 is 0 Å². The summed E-state index contributed by atoms with van der Waals surface area (Å²) in [6.07, 6.45) is 0.248. The van der Waals surface area contributed by atoms with E-state index in [1.54, 1.807) is 4.90 Å². The Morgan fingerprint density at radius 1 is 1.07 bits per heavy atom. The van der Waals surface area contributed by atoms with E-state index >= 15 is 0 Å². The Kier molecular flexibility index (Phi) is 7.25. The molecule has 2 amide bonds. The maximum absolute atomic E-state index is 12.4. The lowest BCUT2D eigenvalue weighted by atomic mass is 10.1. The molecular weight excluding hydrogens is 366 g/mol. The van der Waals surface area contributed by atoms with Crippen LogP contribution in [0.5, 0.6) is 5.75 Å². The number of carbonyl (C=O) groups excluding carboxylic acids is 2. The average molecular weight is 396 g/mol. The molecule has 0 bridgehead atoms. The van der Waals surface area contributed by atoms with Crippen molar-refractivity contribution < 1.29 is 14.3 Å². The van der Waals surface area contributed by atoms with E-state index in [1.165, 1.54) is 5.56 Å². The molecular formula is C23H29N3O3. The highest BCUT2D eigenvalue weighted by atomic mass is 16.5. The van der Waals surface area contributed by atoms with Crippen molar-refractivity contribution in [2.24, 2.45) is 0 Å². The van der Waals surface area contributed by atoms with Crippen LogP contribution in [-0.2, 0) is 22.7 Å². The van der Waals surface area contributed by atoms with Gasteiger partial charge in [-0.3, -0.25) is 14.5 Å². The lowest BCUT2D eigenvalue weighted by molar-refractivity contribution is -0.122. The number of fused-ring (bicyclic) bond motifs is 1. The maximum Gasteiger partial charge on any atom is 0.265 e. The van der Waals surface area contributed by atoms with E-state index in [0.717, 1.165) is 30.9 Å². The van der Waals surface area contributed by atoms with Crippen LogP contribution in [-0.4, -0.2) is 43.0 Å². The minimum absolute atomic E-state index is 0.0113. The van der Waals surface area contributed by atoms with Crippen LogP contribution in [0.1, 0.15) is 31.4 Å². The van der Waals surface area contributed by atoms with Gasteiger partial charge in [0.05, 0.1) is 5.69 Å². The molecule has 1 aliphatic rings. The Morgan fingerprint density at radius 3 is 2.52 bits per heavy atom. The third-order valence-electron chi connectivity index (χ3n) is 5.25. The van der Waals surface area contributed by atoms with Crippen LogP contribution in [0.4, 0.5) is 5.69 Å². The van der Waals surface area contributed by atoms with Gasteiger partial charge in [-0.05, 0) is 36.3 Å². The molecule has 1 N–H and O–H groups in total. The Balaban J connectivity index is 1.56. The standard InChI is InChI=1S/C23H29N3O3/c1-3-25(4-2)16-19-10-6-5-9-18(19)15-24-22(27)13-14-26-20-11-7-8-12-21(20)29-17-23(26)28/h5-12H,3-4,13-17H2,1-2H3,(H,24,27). The largest absolute Gasteiger partial charge is 0.482 e. The van der Waals surface area contributed by atoms with Crippen molar-refractivity contribution in [3.63, 3.8) is 0 Å². The van der Waals surface area contributed by atoms with E-state index in [-0.39, 0.29) is 24.8 Å². The Labute approximate surface area is 172 Å². The summed E-state index contributed by atoms with van der Waals surface area (Å²) in [4.78, 5) is 28.6. The van der Waals surface area contributed by atoms with E-state index in [0.29, 0.717) is 18.8 Å². The molecule has 0 unspecified atom stereocenters.